The van der Waals surface area contributed by atoms with Gasteiger partial charge in [-0.05, 0) is 12.1 Å². The Hall–Kier alpha value is -2.02. The van der Waals surface area contributed by atoms with Crippen molar-refractivity contribution in [1.29, 1.82) is 0 Å². The predicted octanol–water partition coefficient (Wildman–Crippen LogP) is 1.13. The molecule has 0 saturated heterocycles. The SMILES string of the molecule is NCCC(=O)OCc1ccc(F)cc1[N+](=O)[O-]. The van der Waals surface area contributed by atoms with Gasteiger partial charge in [-0.2, -0.15) is 0 Å². The van der Waals surface area contributed by atoms with Crippen molar-refractivity contribution in [2.75, 3.05) is 6.54 Å². The van der Waals surface area contributed by atoms with Gasteiger partial charge in [0.15, 0.2) is 0 Å². The monoisotopic (exact) mass is 242 g/mol. The minimum Gasteiger partial charge on any atom is -0.460 e. The summed E-state index contributed by atoms with van der Waals surface area (Å²) in [6, 6.07) is 3.06. The summed E-state index contributed by atoms with van der Waals surface area (Å²) >= 11 is 0. The van der Waals surface area contributed by atoms with E-state index in [1.165, 1.54) is 6.07 Å². The first kappa shape index (κ1) is 13.0. The van der Waals surface area contributed by atoms with Crippen LogP contribution in [0.1, 0.15) is 12.0 Å². The van der Waals surface area contributed by atoms with Crippen molar-refractivity contribution >= 4 is 11.7 Å². The molecule has 0 unspecified atom stereocenters. The fourth-order valence-electron chi connectivity index (χ4n) is 1.18. The van der Waals surface area contributed by atoms with Crippen LogP contribution in [0.2, 0.25) is 0 Å². The van der Waals surface area contributed by atoms with E-state index in [1.54, 1.807) is 0 Å². The van der Waals surface area contributed by atoms with E-state index in [0.717, 1.165) is 12.1 Å². The summed E-state index contributed by atoms with van der Waals surface area (Å²) in [5.41, 5.74) is 4.87. The smallest absolute Gasteiger partial charge is 0.307 e. The average molecular weight is 242 g/mol. The van der Waals surface area contributed by atoms with E-state index in [-0.39, 0.29) is 25.1 Å². The first-order valence-corrected chi connectivity index (χ1v) is 4.83. The number of halogens is 1. The molecular formula is C10H11FN2O4. The Morgan fingerprint density at radius 3 is 2.82 bits per heavy atom. The Bertz CT molecular complexity index is 436. The zero-order valence-electron chi connectivity index (χ0n) is 8.89. The second-order valence-corrected chi connectivity index (χ2v) is 3.23. The van der Waals surface area contributed by atoms with Crippen LogP contribution in [0, 0.1) is 15.9 Å². The van der Waals surface area contributed by atoms with Crippen molar-refractivity contribution in [1.82, 2.24) is 0 Å². The lowest BCUT2D eigenvalue weighted by molar-refractivity contribution is -0.386. The first-order chi connectivity index (χ1) is 8.04. The highest BCUT2D eigenvalue weighted by atomic mass is 19.1. The molecule has 92 valence electrons. The topological polar surface area (TPSA) is 95.5 Å². The van der Waals surface area contributed by atoms with Gasteiger partial charge in [0.2, 0.25) is 0 Å². The highest BCUT2D eigenvalue weighted by molar-refractivity contribution is 5.69. The third-order valence-corrected chi connectivity index (χ3v) is 1.98. The van der Waals surface area contributed by atoms with Gasteiger partial charge in [-0.1, -0.05) is 0 Å². The fraction of sp³-hybridized carbons (Fsp3) is 0.300. The summed E-state index contributed by atoms with van der Waals surface area (Å²) in [6.07, 6.45) is 0.0367. The number of benzene rings is 1. The molecule has 0 saturated carbocycles. The van der Waals surface area contributed by atoms with E-state index in [0.29, 0.717) is 0 Å². The Kier molecular flexibility index (Phi) is 4.53. The van der Waals surface area contributed by atoms with Crippen molar-refractivity contribution in [2.45, 2.75) is 13.0 Å². The van der Waals surface area contributed by atoms with Crippen LogP contribution in [0.5, 0.6) is 0 Å². The molecule has 7 heteroatoms. The molecule has 0 aliphatic rings. The summed E-state index contributed by atoms with van der Waals surface area (Å²) in [5.74, 6) is -1.26. The highest BCUT2D eigenvalue weighted by Crippen LogP contribution is 2.20. The molecule has 1 aromatic rings. The van der Waals surface area contributed by atoms with Crippen LogP contribution in [-0.2, 0) is 16.1 Å². The van der Waals surface area contributed by atoms with Gasteiger partial charge >= 0.3 is 5.97 Å². The Balaban J connectivity index is 2.77. The Labute approximate surface area is 96.3 Å². The van der Waals surface area contributed by atoms with Gasteiger partial charge in [0.25, 0.3) is 5.69 Å². The maximum absolute atomic E-state index is 12.8. The maximum atomic E-state index is 12.8. The Morgan fingerprint density at radius 1 is 1.53 bits per heavy atom. The molecule has 2 N–H and O–H groups in total. The van der Waals surface area contributed by atoms with Gasteiger partial charge in [-0.15, -0.1) is 0 Å². The molecule has 17 heavy (non-hydrogen) atoms. The standard InChI is InChI=1S/C10H11FN2O4/c11-8-2-1-7(9(5-8)13(15)16)6-17-10(14)3-4-12/h1-2,5H,3-4,6,12H2. The van der Waals surface area contributed by atoms with E-state index < -0.39 is 22.4 Å². The highest BCUT2D eigenvalue weighted by Gasteiger charge is 2.16. The summed E-state index contributed by atoms with van der Waals surface area (Å²) < 4.78 is 17.6. The maximum Gasteiger partial charge on any atom is 0.307 e. The molecule has 0 atom stereocenters. The lowest BCUT2D eigenvalue weighted by atomic mass is 10.2. The van der Waals surface area contributed by atoms with Gasteiger partial charge in [0.1, 0.15) is 12.4 Å². The molecule has 0 bridgehead atoms. The molecule has 0 aliphatic carbocycles. The van der Waals surface area contributed by atoms with Crippen molar-refractivity contribution in [3.63, 3.8) is 0 Å². The fourth-order valence-corrected chi connectivity index (χ4v) is 1.18. The Morgan fingerprint density at radius 2 is 2.24 bits per heavy atom. The molecule has 0 radical (unpaired) electrons. The van der Waals surface area contributed by atoms with Crippen LogP contribution in [0.15, 0.2) is 18.2 Å². The molecule has 6 nitrogen and oxygen atoms in total. The minimum absolute atomic E-state index is 0.0367. The quantitative estimate of drug-likeness (QED) is 0.474. The number of esters is 1. The predicted molar refractivity (Wildman–Crippen MR) is 56.5 cm³/mol. The number of nitrogens with two attached hydrogens (primary N) is 1. The average Bonchev–Trinajstić information content (AvgIpc) is 2.27. The van der Waals surface area contributed by atoms with Gasteiger partial charge in [-0.3, -0.25) is 14.9 Å². The van der Waals surface area contributed by atoms with Crippen molar-refractivity contribution in [2.24, 2.45) is 5.73 Å². The molecule has 0 heterocycles. The third-order valence-electron chi connectivity index (χ3n) is 1.98. The normalized spacial score (nSPS) is 10.0. The van der Waals surface area contributed by atoms with Gasteiger partial charge in [0, 0.05) is 6.54 Å². The van der Waals surface area contributed by atoms with Crippen molar-refractivity contribution in [3.8, 4) is 0 Å². The number of carbonyl (C=O) groups is 1. The molecule has 0 spiro atoms. The zero-order chi connectivity index (χ0) is 12.8. The van der Waals surface area contributed by atoms with Gasteiger partial charge in [0.05, 0.1) is 23.0 Å². The van der Waals surface area contributed by atoms with Crippen molar-refractivity contribution in [3.05, 3.63) is 39.7 Å². The molecule has 1 rings (SSSR count). The van der Waals surface area contributed by atoms with Crippen LogP contribution >= 0.6 is 0 Å². The third kappa shape index (κ3) is 3.80. The van der Waals surface area contributed by atoms with Crippen LogP contribution < -0.4 is 5.73 Å². The van der Waals surface area contributed by atoms with E-state index in [9.17, 15) is 19.3 Å². The number of ether oxygens (including phenoxy) is 1. The number of hydrogen-bond donors (Lipinski definition) is 1. The molecule has 1 aromatic carbocycles. The summed E-state index contributed by atoms with van der Waals surface area (Å²) in [6.45, 7) is -0.125. The minimum atomic E-state index is -0.727. The molecule has 0 amide bonds. The lowest BCUT2D eigenvalue weighted by Gasteiger charge is -2.04. The van der Waals surface area contributed by atoms with Crippen LogP contribution in [0.3, 0.4) is 0 Å². The summed E-state index contributed by atoms with van der Waals surface area (Å²) in [4.78, 5) is 20.9. The van der Waals surface area contributed by atoms with Gasteiger partial charge < -0.3 is 10.5 Å². The number of rotatable bonds is 5. The molecule has 0 fully saturated rings. The zero-order valence-corrected chi connectivity index (χ0v) is 8.89. The lowest BCUT2D eigenvalue weighted by Crippen LogP contribution is -2.11. The number of nitrogens with zero attached hydrogens (tertiary/aromatic N) is 1. The van der Waals surface area contributed by atoms with Crippen LogP contribution in [0.25, 0.3) is 0 Å². The summed E-state index contributed by atoms with van der Waals surface area (Å²) in [5, 5.41) is 10.6. The van der Waals surface area contributed by atoms with Gasteiger partial charge in [-0.25, -0.2) is 4.39 Å². The molecule has 0 aromatic heterocycles. The van der Waals surface area contributed by atoms with E-state index in [4.69, 9.17) is 10.5 Å². The second kappa shape index (κ2) is 5.90. The molecule has 0 aliphatic heterocycles. The van der Waals surface area contributed by atoms with Crippen LogP contribution in [-0.4, -0.2) is 17.4 Å². The summed E-state index contributed by atoms with van der Waals surface area (Å²) in [7, 11) is 0. The molecular weight excluding hydrogens is 231 g/mol. The van der Waals surface area contributed by atoms with E-state index in [1.807, 2.05) is 0 Å². The number of hydrogen-bond acceptors (Lipinski definition) is 5. The van der Waals surface area contributed by atoms with Crippen molar-refractivity contribution < 1.29 is 18.8 Å². The first-order valence-electron chi connectivity index (χ1n) is 4.83. The van der Waals surface area contributed by atoms with E-state index in [2.05, 4.69) is 0 Å². The van der Waals surface area contributed by atoms with E-state index >= 15 is 0 Å². The largest absolute Gasteiger partial charge is 0.460 e. The second-order valence-electron chi connectivity index (χ2n) is 3.23. The number of carbonyl (C=O) groups excluding carboxylic acids is 1. The van der Waals surface area contributed by atoms with Crippen LogP contribution in [0.4, 0.5) is 10.1 Å². The number of nitro benzene ring substituents is 1. The number of nitro groups is 1.